The topological polar surface area (TPSA) is 72.8 Å². The molecule has 7 nitrogen and oxygen atoms in total. The highest BCUT2D eigenvalue weighted by Gasteiger charge is 2.48. The third-order valence-electron chi connectivity index (χ3n) is 6.32. The molecule has 0 aliphatic carbocycles. The molecule has 34 heavy (non-hydrogen) atoms. The number of benzene rings is 2. The predicted molar refractivity (Wildman–Crippen MR) is 133 cm³/mol. The Morgan fingerprint density at radius 2 is 1.91 bits per heavy atom. The quantitative estimate of drug-likeness (QED) is 0.447. The van der Waals surface area contributed by atoms with E-state index in [1.54, 1.807) is 36.5 Å². The number of methoxy groups -OCH3 is 2. The minimum absolute atomic E-state index is 0.224. The number of anilines is 1. The minimum Gasteiger partial charge on any atom is -0.497 e. The van der Waals surface area contributed by atoms with Crippen molar-refractivity contribution in [3.05, 3.63) is 77.3 Å². The number of para-hydroxylation sites is 1. The molecule has 0 saturated heterocycles. The molecule has 4 aromatic rings. The third-order valence-corrected chi connectivity index (χ3v) is 7.27. The van der Waals surface area contributed by atoms with Gasteiger partial charge in [-0.1, -0.05) is 24.3 Å². The molecule has 0 fully saturated rings. The first-order valence-electron chi connectivity index (χ1n) is 10.9. The monoisotopic (exact) mass is 475 g/mol. The first-order valence-corrected chi connectivity index (χ1v) is 11.8. The average Bonchev–Trinajstić information content (AvgIpc) is 3.45. The summed E-state index contributed by atoms with van der Waals surface area (Å²) in [7, 11) is 3.18. The second-order valence-corrected chi connectivity index (χ2v) is 9.30. The van der Waals surface area contributed by atoms with Crippen molar-refractivity contribution >= 4 is 39.1 Å². The number of hydrogen-bond donors (Lipinski definition) is 1. The van der Waals surface area contributed by atoms with Gasteiger partial charge in [0.05, 0.1) is 20.8 Å². The lowest BCUT2D eigenvalue weighted by Crippen LogP contribution is -2.64. The Kier molecular flexibility index (Phi) is 5.53. The van der Waals surface area contributed by atoms with Crippen molar-refractivity contribution in [1.82, 2.24) is 9.88 Å². The van der Waals surface area contributed by atoms with Crippen LogP contribution in [0.3, 0.4) is 0 Å². The fourth-order valence-electron chi connectivity index (χ4n) is 4.57. The van der Waals surface area contributed by atoms with Gasteiger partial charge >= 0.3 is 0 Å². The van der Waals surface area contributed by atoms with Crippen LogP contribution in [0.2, 0.25) is 0 Å². The van der Waals surface area contributed by atoms with Gasteiger partial charge in [-0.05, 0) is 42.6 Å². The van der Waals surface area contributed by atoms with Gasteiger partial charge in [-0.2, -0.15) is 0 Å². The Bertz CT molecular complexity index is 1390. The second kappa shape index (κ2) is 8.53. The largest absolute Gasteiger partial charge is 0.497 e. The summed E-state index contributed by atoms with van der Waals surface area (Å²) < 4.78 is 12.8. The van der Waals surface area contributed by atoms with Crippen LogP contribution in [0, 0.1) is 0 Å². The predicted octanol–water partition coefficient (Wildman–Crippen LogP) is 4.46. The molecule has 0 bridgehead atoms. The molecular weight excluding hydrogens is 450 g/mol. The van der Waals surface area contributed by atoms with Crippen molar-refractivity contribution in [2.75, 3.05) is 19.1 Å². The highest BCUT2D eigenvalue weighted by atomic mass is 32.1. The van der Waals surface area contributed by atoms with E-state index in [-0.39, 0.29) is 18.4 Å². The Morgan fingerprint density at radius 3 is 2.71 bits per heavy atom. The highest BCUT2D eigenvalue weighted by Crippen LogP contribution is 2.38. The number of fused-ring (bicyclic) bond motifs is 3. The first-order chi connectivity index (χ1) is 16.5. The van der Waals surface area contributed by atoms with E-state index in [0.717, 1.165) is 15.8 Å². The molecule has 2 aromatic carbocycles. The molecule has 0 unspecified atom stereocenters. The van der Waals surface area contributed by atoms with E-state index in [1.807, 2.05) is 71.5 Å². The number of aromatic nitrogens is 1. The Balaban J connectivity index is 1.56. The zero-order valence-electron chi connectivity index (χ0n) is 19.2. The molecular formula is C26H25N3O4S. The summed E-state index contributed by atoms with van der Waals surface area (Å²) in [5.41, 5.74) is 0.864. The smallest absolute Gasteiger partial charge is 0.275 e. The zero-order chi connectivity index (χ0) is 23.9. The molecule has 1 N–H and O–H groups in total. The number of nitrogens with zero attached hydrogens (tertiary/aromatic N) is 2. The summed E-state index contributed by atoms with van der Waals surface area (Å²) in [4.78, 5) is 30.2. The van der Waals surface area contributed by atoms with Crippen LogP contribution in [0.4, 0.5) is 5.69 Å². The van der Waals surface area contributed by atoms with Crippen LogP contribution < -0.4 is 19.7 Å². The van der Waals surface area contributed by atoms with Gasteiger partial charge in [0.1, 0.15) is 27.6 Å². The number of thiophene rings is 1. The van der Waals surface area contributed by atoms with Crippen LogP contribution in [0.25, 0.3) is 10.2 Å². The molecule has 1 atom stereocenters. The zero-order valence-corrected chi connectivity index (χ0v) is 20.0. The van der Waals surface area contributed by atoms with E-state index in [4.69, 9.17) is 9.47 Å². The van der Waals surface area contributed by atoms with Crippen molar-refractivity contribution in [3.8, 4) is 11.5 Å². The lowest BCUT2D eigenvalue weighted by atomic mass is 9.93. The van der Waals surface area contributed by atoms with Gasteiger partial charge in [0.25, 0.3) is 5.91 Å². The molecule has 1 aliphatic rings. The summed E-state index contributed by atoms with van der Waals surface area (Å²) in [6.07, 6.45) is 0. The number of nitrogens with one attached hydrogen (secondary N) is 1. The van der Waals surface area contributed by atoms with Crippen LogP contribution in [-0.2, 0) is 17.9 Å². The van der Waals surface area contributed by atoms with Gasteiger partial charge in [0.2, 0.25) is 5.91 Å². The number of ether oxygens (including phenoxy) is 2. The van der Waals surface area contributed by atoms with Crippen LogP contribution in [0.15, 0.2) is 66.0 Å². The van der Waals surface area contributed by atoms with Crippen molar-refractivity contribution in [2.45, 2.75) is 25.6 Å². The third kappa shape index (κ3) is 3.51. The summed E-state index contributed by atoms with van der Waals surface area (Å²) in [6.45, 7) is 2.42. The number of hydrogen-bond acceptors (Lipinski definition) is 5. The molecule has 3 heterocycles. The van der Waals surface area contributed by atoms with Gasteiger partial charge in [0, 0.05) is 29.2 Å². The number of amides is 2. The Hall–Kier alpha value is -3.78. The molecule has 0 radical (unpaired) electrons. The van der Waals surface area contributed by atoms with Gasteiger partial charge in [0.15, 0.2) is 0 Å². The van der Waals surface area contributed by atoms with Crippen molar-refractivity contribution in [2.24, 2.45) is 0 Å². The maximum absolute atomic E-state index is 13.8. The SMILES string of the molecule is COc1cccc(N2C(=O)c3cc4ccsc4n3C[C@@]2(C)C(=O)NCc2ccccc2OC)c1. The van der Waals surface area contributed by atoms with E-state index in [9.17, 15) is 9.59 Å². The molecule has 2 aromatic heterocycles. The lowest BCUT2D eigenvalue weighted by Gasteiger charge is -2.44. The Labute approximate surface area is 201 Å². The van der Waals surface area contributed by atoms with E-state index < -0.39 is 5.54 Å². The van der Waals surface area contributed by atoms with Gasteiger partial charge in [-0.25, -0.2) is 0 Å². The number of carbonyl (C=O) groups excluding carboxylic acids is 2. The lowest BCUT2D eigenvalue weighted by molar-refractivity contribution is -0.126. The number of rotatable bonds is 6. The van der Waals surface area contributed by atoms with E-state index in [0.29, 0.717) is 29.4 Å². The average molecular weight is 476 g/mol. The molecule has 2 amide bonds. The fraction of sp³-hybridized carbons (Fsp3) is 0.231. The van der Waals surface area contributed by atoms with Gasteiger partial charge in [-0.3, -0.25) is 14.5 Å². The second-order valence-electron chi connectivity index (χ2n) is 8.41. The van der Waals surface area contributed by atoms with Crippen LogP contribution in [-0.4, -0.2) is 36.1 Å². The first kappa shape index (κ1) is 22.0. The molecule has 0 spiro atoms. The van der Waals surface area contributed by atoms with Gasteiger partial charge in [-0.15, -0.1) is 11.3 Å². The standard InChI is InChI=1S/C26H25N3O4S/c1-26(25(31)27-15-18-7-4-5-10-22(18)33-3)16-28-21(13-17-11-12-34-24(17)28)23(30)29(26)19-8-6-9-20(14-19)32-2/h4-14H,15-16H2,1-3H3,(H,27,31)/t26-/m0/s1. The molecule has 5 rings (SSSR count). The molecule has 1 aliphatic heterocycles. The van der Waals surface area contributed by atoms with E-state index in [1.165, 1.54) is 0 Å². The van der Waals surface area contributed by atoms with Crippen LogP contribution >= 0.6 is 11.3 Å². The minimum atomic E-state index is -1.17. The van der Waals surface area contributed by atoms with Crippen LogP contribution in [0.5, 0.6) is 11.5 Å². The summed E-state index contributed by atoms with van der Waals surface area (Å²) >= 11 is 1.57. The highest BCUT2D eigenvalue weighted by molar-refractivity contribution is 7.16. The number of carbonyl (C=O) groups is 2. The Morgan fingerprint density at radius 1 is 1.09 bits per heavy atom. The molecule has 174 valence electrons. The van der Waals surface area contributed by atoms with Crippen molar-refractivity contribution in [1.29, 1.82) is 0 Å². The summed E-state index contributed by atoms with van der Waals surface area (Å²) in [5, 5.41) is 6.04. The summed E-state index contributed by atoms with van der Waals surface area (Å²) in [5.74, 6) is 0.839. The maximum Gasteiger partial charge on any atom is 0.275 e. The summed E-state index contributed by atoms with van der Waals surface area (Å²) in [6, 6.07) is 18.7. The molecule has 0 saturated carbocycles. The fourth-order valence-corrected chi connectivity index (χ4v) is 5.46. The van der Waals surface area contributed by atoms with Crippen LogP contribution in [0.1, 0.15) is 23.0 Å². The molecule has 8 heteroatoms. The van der Waals surface area contributed by atoms with E-state index >= 15 is 0 Å². The van der Waals surface area contributed by atoms with Crippen molar-refractivity contribution in [3.63, 3.8) is 0 Å². The normalized spacial score (nSPS) is 17.5. The van der Waals surface area contributed by atoms with Gasteiger partial charge < -0.3 is 19.4 Å². The maximum atomic E-state index is 13.8. The van der Waals surface area contributed by atoms with E-state index in [2.05, 4.69) is 5.32 Å². The van der Waals surface area contributed by atoms with Crippen molar-refractivity contribution < 1.29 is 19.1 Å².